The lowest BCUT2D eigenvalue weighted by Crippen LogP contribution is -2.10. The van der Waals surface area contributed by atoms with Crippen molar-refractivity contribution in [3.63, 3.8) is 0 Å². The molecule has 1 aromatic rings. The van der Waals surface area contributed by atoms with E-state index in [9.17, 15) is 4.79 Å². The second-order valence-electron chi connectivity index (χ2n) is 7.15. The van der Waals surface area contributed by atoms with Crippen LogP contribution in [0.4, 0.5) is 0 Å². The summed E-state index contributed by atoms with van der Waals surface area (Å²) in [6.07, 6.45) is 6.38. The standard InChI is InChI=1S/C20H27NO3/c1-7-14-9-13(3)16(11-15(10-14)20(4,5)6)18-12-17(21-24-18)19(22)23-8-2/h9,11-12H,7-8,10H2,1-6H3. The smallest absolute Gasteiger partial charge is 0.360 e. The molecule has 0 amide bonds. The Bertz CT molecular complexity index is 711. The molecule has 0 spiro atoms. The molecular weight excluding hydrogens is 302 g/mol. The van der Waals surface area contributed by atoms with Gasteiger partial charge < -0.3 is 9.26 Å². The Labute approximate surface area is 144 Å². The highest BCUT2D eigenvalue weighted by molar-refractivity contribution is 5.89. The lowest BCUT2D eigenvalue weighted by atomic mass is 9.82. The number of hydrogen-bond donors (Lipinski definition) is 0. The van der Waals surface area contributed by atoms with Crippen LogP contribution >= 0.6 is 0 Å². The van der Waals surface area contributed by atoms with Gasteiger partial charge in [-0.3, -0.25) is 0 Å². The van der Waals surface area contributed by atoms with Crippen molar-refractivity contribution in [3.8, 4) is 0 Å². The van der Waals surface area contributed by atoms with E-state index in [1.54, 1.807) is 13.0 Å². The first-order chi connectivity index (χ1) is 11.3. The first-order valence-corrected chi connectivity index (χ1v) is 8.51. The maximum absolute atomic E-state index is 11.8. The summed E-state index contributed by atoms with van der Waals surface area (Å²) in [7, 11) is 0. The van der Waals surface area contributed by atoms with Crippen LogP contribution in [0.3, 0.4) is 0 Å². The predicted octanol–water partition coefficient (Wildman–Crippen LogP) is 5.34. The minimum absolute atomic E-state index is 0.0636. The second-order valence-corrected chi connectivity index (χ2v) is 7.15. The van der Waals surface area contributed by atoms with Crippen molar-refractivity contribution < 1.29 is 14.1 Å². The van der Waals surface area contributed by atoms with Gasteiger partial charge in [0.05, 0.1) is 6.61 Å². The zero-order valence-electron chi connectivity index (χ0n) is 15.5. The summed E-state index contributed by atoms with van der Waals surface area (Å²) in [6.45, 7) is 13.0. The number of esters is 1. The number of aromatic nitrogens is 1. The first-order valence-electron chi connectivity index (χ1n) is 8.51. The van der Waals surface area contributed by atoms with E-state index in [1.807, 2.05) is 0 Å². The van der Waals surface area contributed by atoms with Gasteiger partial charge in [-0.05, 0) is 37.7 Å². The van der Waals surface area contributed by atoms with E-state index >= 15 is 0 Å². The van der Waals surface area contributed by atoms with Gasteiger partial charge in [0, 0.05) is 11.6 Å². The molecule has 4 nitrogen and oxygen atoms in total. The SMILES string of the molecule is CCOC(=O)c1cc(C2=C(C)C=C(CC)CC(C(C)(C)C)=C2)on1. The minimum atomic E-state index is -0.454. The quantitative estimate of drug-likeness (QED) is 0.700. The third-order valence-corrected chi connectivity index (χ3v) is 4.26. The largest absolute Gasteiger partial charge is 0.461 e. The summed E-state index contributed by atoms with van der Waals surface area (Å²) in [5, 5.41) is 3.87. The summed E-state index contributed by atoms with van der Waals surface area (Å²) >= 11 is 0. The number of ether oxygens (including phenoxy) is 1. The van der Waals surface area contributed by atoms with Gasteiger partial charge in [0.25, 0.3) is 0 Å². The fraction of sp³-hybridized carbons (Fsp3) is 0.500. The fourth-order valence-electron chi connectivity index (χ4n) is 2.70. The van der Waals surface area contributed by atoms with Gasteiger partial charge in [-0.2, -0.15) is 0 Å². The van der Waals surface area contributed by atoms with Crippen molar-refractivity contribution >= 4 is 11.5 Å². The van der Waals surface area contributed by atoms with E-state index < -0.39 is 5.97 Å². The van der Waals surface area contributed by atoms with Crippen molar-refractivity contribution in [2.24, 2.45) is 5.41 Å². The Morgan fingerprint density at radius 2 is 2.00 bits per heavy atom. The van der Waals surface area contributed by atoms with Crippen LogP contribution in [0, 0.1) is 5.41 Å². The lowest BCUT2D eigenvalue weighted by molar-refractivity contribution is 0.0514. The molecule has 0 aromatic carbocycles. The van der Waals surface area contributed by atoms with E-state index in [1.165, 1.54) is 11.1 Å². The molecule has 1 aliphatic carbocycles. The lowest BCUT2D eigenvalue weighted by Gasteiger charge is -2.23. The third-order valence-electron chi connectivity index (χ3n) is 4.26. The van der Waals surface area contributed by atoms with Gasteiger partial charge in [-0.15, -0.1) is 0 Å². The second kappa shape index (κ2) is 7.20. The average Bonchev–Trinajstić information content (AvgIpc) is 2.91. The van der Waals surface area contributed by atoms with Crippen molar-refractivity contribution in [2.45, 2.75) is 54.4 Å². The summed E-state index contributed by atoms with van der Waals surface area (Å²) in [5.41, 5.74) is 5.12. The normalized spacial score (nSPS) is 15.8. The van der Waals surface area contributed by atoms with Gasteiger partial charge in [0.1, 0.15) is 0 Å². The van der Waals surface area contributed by atoms with Crippen LogP contribution < -0.4 is 0 Å². The van der Waals surface area contributed by atoms with Crippen LogP contribution in [0.5, 0.6) is 0 Å². The van der Waals surface area contributed by atoms with Gasteiger partial charge in [-0.25, -0.2) is 4.79 Å². The van der Waals surface area contributed by atoms with Gasteiger partial charge >= 0.3 is 5.97 Å². The Kier molecular flexibility index (Phi) is 5.47. The molecule has 0 unspecified atom stereocenters. The molecule has 4 heteroatoms. The Hall–Kier alpha value is -2.10. The van der Waals surface area contributed by atoms with Crippen LogP contribution in [0.25, 0.3) is 5.57 Å². The monoisotopic (exact) mass is 329 g/mol. The van der Waals surface area contributed by atoms with E-state index in [0.29, 0.717) is 12.4 Å². The molecule has 1 aliphatic rings. The summed E-state index contributed by atoms with van der Waals surface area (Å²) < 4.78 is 10.4. The highest BCUT2D eigenvalue weighted by atomic mass is 16.5. The van der Waals surface area contributed by atoms with Crippen LogP contribution in [-0.4, -0.2) is 17.7 Å². The molecule has 1 heterocycles. The zero-order valence-corrected chi connectivity index (χ0v) is 15.5. The van der Waals surface area contributed by atoms with Gasteiger partial charge in [-0.1, -0.05) is 56.1 Å². The molecule has 0 N–H and O–H groups in total. The van der Waals surface area contributed by atoms with Crippen molar-refractivity contribution in [2.75, 3.05) is 6.61 Å². The van der Waals surface area contributed by atoms with Gasteiger partial charge in [0.15, 0.2) is 11.5 Å². The molecular formula is C20H27NO3. The summed E-state index contributed by atoms with van der Waals surface area (Å²) in [6, 6.07) is 1.67. The molecule has 0 aliphatic heterocycles. The predicted molar refractivity (Wildman–Crippen MR) is 95.6 cm³/mol. The molecule has 0 fully saturated rings. The van der Waals surface area contributed by atoms with E-state index in [-0.39, 0.29) is 11.1 Å². The number of carbonyl (C=O) groups excluding carboxylic acids is 1. The van der Waals surface area contributed by atoms with Crippen LogP contribution in [-0.2, 0) is 4.74 Å². The Balaban J connectivity index is 2.49. The number of allylic oxidation sites excluding steroid dienone is 6. The van der Waals surface area contributed by atoms with Crippen molar-refractivity contribution in [3.05, 3.63) is 46.4 Å². The van der Waals surface area contributed by atoms with E-state index in [0.717, 1.165) is 24.0 Å². The number of carbonyl (C=O) groups is 1. The molecule has 0 radical (unpaired) electrons. The minimum Gasteiger partial charge on any atom is -0.461 e. The maximum atomic E-state index is 11.8. The third kappa shape index (κ3) is 4.05. The van der Waals surface area contributed by atoms with Crippen LogP contribution in [0.1, 0.15) is 70.6 Å². The Morgan fingerprint density at radius 3 is 2.58 bits per heavy atom. The average molecular weight is 329 g/mol. The van der Waals surface area contributed by atoms with Crippen LogP contribution in [0.15, 0.2) is 39.5 Å². The maximum Gasteiger partial charge on any atom is 0.360 e. The van der Waals surface area contributed by atoms with Crippen molar-refractivity contribution in [1.82, 2.24) is 5.16 Å². The van der Waals surface area contributed by atoms with E-state index in [4.69, 9.17) is 9.26 Å². The number of hydrogen-bond acceptors (Lipinski definition) is 4. The molecule has 1 aromatic heterocycles. The first kappa shape index (κ1) is 18.2. The molecule has 24 heavy (non-hydrogen) atoms. The van der Waals surface area contributed by atoms with Crippen molar-refractivity contribution in [1.29, 1.82) is 0 Å². The van der Waals surface area contributed by atoms with Crippen LogP contribution in [0.2, 0.25) is 0 Å². The summed E-state index contributed by atoms with van der Waals surface area (Å²) in [5.74, 6) is 0.148. The molecule has 0 saturated carbocycles. The molecule has 130 valence electrons. The fourth-order valence-corrected chi connectivity index (χ4v) is 2.70. The number of rotatable bonds is 4. The molecule has 0 atom stereocenters. The highest BCUT2D eigenvalue weighted by Crippen LogP contribution is 2.38. The highest BCUT2D eigenvalue weighted by Gasteiger charge is 2.23. The topological polar surface area (TPSA) is 52.3 Å². The molecule has 2 rings (SSSR count). The molecule has 0 bridgehead atoms. The Morgan fingerprint density at radius 1 is 1.29 bits per heavy atom. The summed E-state index contributed by atoms with van der Waals surface area (Å²) in [4.78, 5) is 11.8. The van der Waals surface area contributed by atoms with Gasteiger partial charge in [0.2, 0.25) is 0 Å². The zero-order chi connectivity index (χ0) is 17.9. The van der Waals surface area contributed by atoms with E-state index in [2.05, 4.69) is 51.9 Å². The molecule has 0 saturated heterocycles. The number of nitrogens with zero attached hydrogens (tertiary/aromatic N) is 1.